The number of carboxylic acids is 1. The van der Waals surface area contributed by atoms with Gasteiger partial charge >= 0.3 is 5.97 Å². The van der Waals surface area contributed by atoms with E-state index in [2.05, 4.69) is 4.72 Å². The number of likely N-dealkylation sites (tertiary alicyclic amines) is 1. The first-order valence-electron chi connectivity index (χ1n) is 7.23. The summed E-state index contributed by atoms with van der Waals surface area (Å²) in [6.07, 6.45) is 5.23. The fourth-order valence-electron chi connectivity index (χ4n) is 3.59. The quantitative estimate of drug-likeness (QED) is 0.769. The maximum atomic E-state index is 12.5. The molecular formula is C13H22N2O5S. The molecule has 1 aliphatic heterocycles. The number of nitrogens with one attached hydrogen (secondary N) is 1. The minimum Gasteiger partial charge on any atom is -0.480 e. The molecule has 2 rings (SSSR count). The molecule has 8 heteroatoms. The first kappa shape index (κ1) is 16.2. The van der Waals surface area contributed by atoms with Gasteiger partial charge in [-0.05, 0) is 32.1 Å². The molecule has 2 aliphatic rings. The Balaban J connectivity index is 2.20. The summed E-state index contributed by atoms with van der Waals surface area (Å²) >= 11 is 0. The van der Waals surface area contributed by atoms with Gasteiger partial charge in [0.2, 0.25) is 15.9 Å². The summed E-state index contributed by atoms with van der Waals surface area (Å²) in [5.41, 5.74) is 0. The van der Waals surface area contributed by atoms with Crippen LogP contribution in [-0.4, -0.2) is 54.7 Å². The molecule has 2 fully saturated rings. The normalized spacial score (nSPS) is 30.8. The summed E-state index contributed by atoms with van der Waals surface area (Å²) in [5, 5.41) is 9.36. The second-order valence-electron chi connectivity index (χ2n) is 6.06. The van der Waals surface area contributed by atoms with E-state index in [4.69, 9.17) is 0 Å². The van der Waals surface area contributed by atoms with Crippen molar-refractivity contribution in [1.82, 2.24) is 9.62 Å². The highest BCUT2D eigenvalue weighted by Crippen LogP contribution is 2.40. The van der Waals surface area contributed by atoms with Crippen LogP contribution in [0, 0.1) is 5.92 Å². The third kappa shape index (κ3) is 3.55. The standard InChI is InChI=1S/C13H22N2O5S/c1-8(14-21(2,19)20)12(16)15-10-6-4-3-5-9(10)7-11(15)13(17)18/h8-11,14H,3-7H2,1-2H3,(H,17,18). The summed E-state index contributed by atoms with van der Waals surface area (Å²) in [6.45, 7) is 1.46. The minimum atomic E-state index is -3.51. The van der Waals surface area contributed by atoms with E-state index in [1.54, 1.807) is 0 Å². The van der Waals surface area contributed by atoms with Crippen molar-refractivity contribution in [2.45, 2.75) is 57.2 Å². The van der Waals surface area contributed by atoms with Gasteiger partial charge in [-0.1, -0.05) is 12.8 Å². The molecule has 1 saturated carbocycles. The zero-order chi connectivity index (χ0) is 15.8. The van der Waals surface area contributed by atoms with Crippen molar-refractivity contribution in [3.63, 3.8) is 0 Å². The minimum absolute atomic E-state index is 0.0730. The van der Waals surface area contributed by atoms with Crippen LogP contribution in [0.2, 0.25) is 0 Å². The van der Waals surface area contributed by atoms with Gasteiger partial charge in [0.05, 0.1) is 12.3 Å². The summed E-state index contributed by atoms with van der Waals surface area (Å²) in [5.74, 6) is -1.24. The Morgan fingerprint density at radius 3 is 2.48 bits per heavy atom. The Kier molecular flexibility index (Phi) is 4.57. The van der Waals surface area contributed by atoms with Crippen molar-refractivity contribution in [3.8, 4) is 0 Å². The van der Waals surface area contributed by atoms with E-state index in [9.17, 15) is 23.1 Å². The van der Waals surface area contributed by atoms with E-state index < -0.39 is 34.0 Å². The number of carbonyl (C=O) groups excluding carboxylic acids is 1. The van der Waals surface area contributed by atoms with Crippen LogP contribution >= 0.6 is 0 Å². The van der Waals surface area contributed by atoms with Crippen molar-refractivity contribution >= 4 is 21.9 Å². The average Bonchev–Trinajstić information content (AvgIpc) is 2.75. The lowest BCUT2D eigenvalue weighted by molar-refractivity contribution is -0.150. The number of hydrogen-bond donors (Lipinski definition) is 2. The molecule has 0 radical (unpaired) electrons. The first-order chi connectivity index (χ1) is 9.70. The molecule has 1 saturated heterocycles. The highest BCUT2D eigenvalue weighted by molar-refractivity contribution is 7.88. The van der Waals surface area contributed by atoms with Crippen molar-refractivity contribution in [2.24, 2.45) is 5.92 Å². The monoisotopic (exact) mass is 318 g/mol. The molecule has 0 spiro atoms. The highest BCUT2D eigenvalue weighted by Gasteiger charge is 2.48. The van der Waals surface area contributed by atoms with Crippen molar-refractivity contribution < 1.29 is 23.1 Å². The fraction of sp³-hybridized carbons (Fsp3) is 0.846. The first-order valence-corrected chi connectivity index (χ1v) is 9.12. The van der Waals surface area contributed by atoms with Crippen molar-refractivity contribution in [2.75, 3.05) is 6.26 Å². The van der Waals surface area contributed by atoms with E-state index >= 15 is 0 Å². The zero-order valence-corrected chi connectivity index (χ0v) is 13.1. The fourth-order valence-corrected chi connectivity index (χ4v) is 4.34. The third-order valence-electron chi connectivity index (χ3n) is 4.39. The van der Waals surface area contributed by atoms with Crippen LogP contribution in [0.4, 0.5) is 0 Å². The number of amides is 1. The number of rotatable bonds is 4. The van der Waals surface area contributed by atoms with Gasteiger partial charge in [-0.3, -0.25) is 4.79 Å². The van der Waals surface area contributed by atoms with E-state index in [1.165, 1.54) is 11.8 Å². The summed E-state index contributed by atoms with van der Waals surface area (Å²) in [4.78, 5) is 25.4. The van der Waals surface area contributed by atoms with Crippen LogP contribution in [-0.2, 0) is 19.6 Å². The molecule has 1 heterocycles. The van der Waals surface area contributed by atoms with Crippen molar-refractivity contribution in [1.29, 1.82) is 0 Å². The SMILES string of the molecule is CC(NS(C)(=O)=O)C(=O)N1C(C(=O)O)CC2CCCCC21. The van der Waals surface area contributed by atoms with Gasteiger partial charge in [-0.2, -0.15) is 0 Å². The molecule has 7 nitrogen and oxygen atoms in total. The average molecular weight is 318 g/mol. The molecule has 1 aliphatic carbocycles. The lowest BCUT2D eigenvalue weighted by Gasteiger charge is -2.34. The van der Waals surface area contributed by atoms with Gasteiger partial charge in [0.25, 0.3) is 0 Å². The second-order valence-corrected chi connectivity index (χ2v) is 7.84. The van der Waals surface area contributed by atoms with E-state index in [-0.39, 0.29) is 12.0 Å². The number of carbonyl (C=O) groups is 2. The summed E-state index contributed by atoms with van der Waals surface area (Å²) < 4.78 is 24.8. The maximum Gasteiger partial charge on any atom is 0.326 e. The molecule has 1 amide bonds. The van der Waals surface area contributed by atoms with Crippen LogP contribution < -0.4 is 4.72 Å². The molecule has 0 aromatic rings. The number of hydrogen-bond acceptors (Lipinski definition) is 4. The Bertz CT molecular complexity index is 533. The van der Waals surface area contributed by atoms with Crippen LogP contribution in [0.25, 0.3) is 0 Å². The predicted octanol–water partition coefficient (Wildman–Crippen LogP) is 0.168. The van der Waals surface area contributed by atoms with Crippen LogP contribution in [0.5, 0.6) is 0 Å². The number of sulfonamides is 1. The Hall–Kier alpha value is -1.15. The molecule has 120 valence electrons. The predicted molar refractivity (Wildman–Crippen MR) is 76.1 cm³/mol. The Labute approximate surface area is 124 Å². The smallest absolute Gasteiger partial charge is 0.326 e. The van der Waals surface area contributed by atoms with Crippen LogP contribution in [0.1, 0.15) is 39.0 Å². The van der Waals surface area contributed by atoms with E-state index in [0.29, 0.717) is 6.42 Å². The maximum absolute atomic E-state index is 12.5. The molecular weight excluding hydrogens is 296 g/mol. The van der Waals surface area contributed by atoms with E-state index in [0.717, 1.165) is 31.9 Å². The molecule has 4 atom stereocenters. The number of nitrogens with zero attached hydrogens (tertiary/aromatic N) is 1. The van der Waals surface area contributed by atoms with Crippen LogP contribution in [0.15, 0.2) is 0 Å². The molecule has 0 bridgehead atoms. The van der Waals surface area contributed by atoms with Gasteiger partial charge in [0, 0.05) is 6.04 Å². The highest BCUT2D eigenvalue weighted by atomic mass is 32.2. The van der Waals surface area contributed by atoms with E-state index in [1.807, 2.05) is 0 Å². The Morgan fingerprint density at radius 1 is 1.29 bits per heavy atom. The van der Waals surface area contributed by atoms with Gasteiger partial charge in [-0.15, -0.1) is 0 Å². The topological polar surface area (TPSA) is 104 Å². The summed E-state index contributed by atoms with van der Waals surface area (Å²) in [6, 6.07) is -1.85. The van der Waals surface area contributed by atoms with Crippen LogP contribution in [0.3, 0.4) is 0 Å². The van der Waals surface area contributed by atoms with Gasteiger partial charge < -0.3 is 10.0 Å². The van der Waals surface area contributed by atoms with Gasteiger partial charge in [0.15, 0.2) is 0 Å². The second kappa shape index (κ2) is 5.92. The molecule has 4 unspecified atom stereocenters. The largest absolute Gasteiger partial charge is 0.480 e. The number of fused-ring (bicyclic) bond motifs is 1. The molecule has 21 heavy (non-hydrogen) atoms. The zero-order valence-electron chi connectivity index (χ0n) is 12.3. The lowest BCUT2D eigenvalue weighted by atomic mass is 9.84. The third-order valence-corrected chi connectivity index (χ3v) is 5.17. The Morgan fingerprint density at radius 2 is 1.90 bits per heavy atom. The van der Waals surface area contributed by atoms with Gasteiger partial charge in [-0.25, -0.2) is 17.9 Å². The number of carboxylic acid groups (broad SMARTS) is 1. The van der Waals surface area contributed by atoms with Gasteiger partial charge in [0.1, 0.15) is 6.04 Å². The van der Waals surface area contributed by atoms with Crippen molar-refractivity contribution in [3.05, 3.63) is 0 Å². The summed E-state index contributed by atoms with van der Waals surface area (Å²) in [7, 11) is -3.51. The lowest BCUT2D eigenvalue weighted by Crippen LogP contribution is -2.53. The number of aliphatic carboxylic acids is 1. The molecule has 0 aromatic carbocycles. The molecule has 2 N–H and O–H groups in total. The molecule has 0 aromatic heterocycles.